The molecular weight excluding hydrogens is 342 g/mol. The summed E-state index contributed by atoms with van der Waals surface area (Å²) < 4.78 is 35.2. The Hall–Kier alpha value is -2.89. The van der Waals surface area contributed by atoms with Crippen molar-refractivity contribution in [1.82, 2.24) is 0 Å². The summed E-state index contributed by atoms with van der Waals surface area (Å²) in [5, 5.41) is 9.13. The van der Waals surface area contributed by atoms with Gasteiger partial charge < -0.3 is 14.6 Å². The predicted molar refractivity (Wildman–Crippen MR) is 93.7 cm³/mol. The Morgan fingerprint density at radius 1 is 0.962 bits per heavy atom. The molecule has 6 heteroatoms. The number of halogens is 2. The fourth-order valence-electron chi connectivity index (χ4n) is 2.33. The van der Waals surface area contributed by atoms with Gasteiger partial charge in [-0.2, -0.15) is 8.78 Å². The number of para-hydroxylation sites is 1. The van der Waals surface area contributed by atoms with Gasteiger partial charge in [-0.15, -0.1) is 0 Å². The monoisotopic (exact) mass is 362 g/mol. The van der Waals surface area contributed by atoms with Gasteiger partial charge in [0.2, 0.25) is 0 Å². The van der Waals surface area contributed by atoms with Crippen molar-refractivity contribution in [2.75, 3.05) is 6.61 Å². The van der Waals surface area contributed by atoms with Crippen LogP contribution in [0.3, 0.4) is 0 Å². The molecule has 0 fully saturated rings. The first-order valence-corrected chi connectivity index (χ1v) is 8.24. The number of ether oxygens (including phenoxy) is 2. The lowest BCUT2D eigenvalue weighted by molar-refractivity contribution is -0.142. The quantitative estimate of drug-likeness (QED) is 0.605. The Bertz CT molecular complexity index is 710. The first kappa shape index (κ1) is 19.4. The summed E-state index contributed by atoms with van der Waals surface area (Å²) in [6.07, 6.45) is -0.616. The van der Waals surface area contributed by atoms with Crippen molar-refractivity contribution in [3.63, 3.8) is 0 Å². The first-order chi connectivity index (χ1) is 12.5. The van der Waals surface area contributed by atoms with Gasteiger partial charge in [0.05, 0.1) is 12.5 Å². The van der Waals surface area contributed by atoms with Crippen molar-refractivity contribution in [2.24, 2.45) is 5.92 Å². The lowest BCUT2D eigenvalue weighted by Crippen LogP contribution is -2.16. The van der Waals surface area contributed by atoms with Crippen molar-refractivity contribution in [2.45, 2.75) is 19.3 Å². The van der Waals surface area contributed by atoms with Crippen molar-refractivity contribution in [3.05, 3.63) is 66.8 Å². The van der Waals surface area contributed by atoms with Gasteiger partial charge in [0.1, 0.15) is 17.2 Å². The van der Waals surface area contributed by atoms with Crippen LogP contribution in [0.5, 0.6) is 17.2 Å². The number of aliphatic carboxylic acids is 1. The molecule has 1 unspecified atom stereocenters. The van der Waals surface area contributed by atoms with E-state index in [0.29, 0.717) is 11.5 Å². The smallest absolute Gasteiger partial charge is 0.306 e. The summed E-state index contributed by atoms with van der Waals surface area (Å²) in [5.74, 6) is 0.250. The second-order valence-electron chi connectivity index (χ2n) is 5.63. The third-order valence-corrected chi connectivity index (χ3v) is 3.70. The van der Waals surface area contributed by atoms with Gasteiger partial charge in [-0.3, -0.25) is 4.79 Å². The van der Waals surface area contributed by atoms with E-state index < -0.39 is 18.0 Å². The number of carbonyl (C=O) groups is 1. The molecule has 0 aliphatic carbocycles. The second-order valence-corrected chi connectivity index (χ2v) is 5.63. The Morgan fingerprint density at radius 2 is 1.58 bits per heavy atom. The summed E-state index contributed by atoms with van der Waals surface area (Å²) in [6, 6.07) is 16.3. The summed E-state index contributed by atoms with van der Waals surface area (Å²) in [5.41, 5.74) is 0. The highest BCUT2D eigenvalue weighted by Gasteiger charge is 2.16. The molecule has 0 aliphatic rings. The Morgan fingerprint density at radius 3 is 2.19 bits per heavy atom. The highest BCUT2D eigenvalue weighted by Crippen LogP contribution is 2.24. The SMILES string of the molecule is O=C(O)C(CCC=C(F)F)CCOc1ccc(Oc2ccccc2)cc1. The van der Waals surface area contributed by atoms with Gasteiger partial charge in [-0.05, 0) is 61.7 Å². The van der Waals surface area contributed by atoms with Crippen LogP contribution in [0.15, 0.2) is 66.8 Å². The van der Waals surface area contributed by atoms with Crippen molar-refractivity contribution in [3.8, 4) is 17.2 Å². The van der Waals surface area contributed by atoms with Crippen molar-refractivity contribution >= 4 is 5.97 Å². The maximum absolute atomic E-state index is 12.0. The summed E-state index contributed by atoms with van der Waals surface area (Å²) in [6.45, 7) is 0.192. The van der Waals surface area contributed by atoms with Crippen LogP contribution < -0.4 is 9.47 Å². The molecule has 1 atom stereocenters. The van der Waals surface area contributed by atoms with E-state index in [1.165, 1.54) is 0 Å². The fourth-order valence-corrected chi connectivity index (χ4v) is 2.33. The lowest BCUT2D eigenvalue weighted by Gasteiger charge is -2.12. The van der Waals surface area contributed by atoms with Gasteiger partial charge in [0.25, 0.3) is 6.08 Å². The molecule has 0 heterocycles. The largest absolute Gasteiger partial charge is 0.494 e. The second kappa shape index (κ2) is 10.2. The number of allylic oxidation sites excluding steroid dienone is 1. The molecule has 0 saturated carbocycles. The zero-order chi connectivity index (χ0) is 18.8. The normalized spacial score (nSPS) is 11.5. The lowest BCUT2D eigenvalue weighted by atomic mass is 10.00. The predicted octanol–water partition coefficient (Wildman–Crippen LogP) is 5.51. The summed E-state index contributed by atoms with van der Waals surface area (Å²) in [7, 11) is 0. The Balaban J connectivity index is 1.79. The highest BCUT2D eigenvalue weighted by atomic mass is 19.3. The number of benzene rings is 2. The number of rotatable bonds is 10. The van der Waals surface area contributed by atoms with E-state index in [-0.39, 0.29) is 25.9 Å². The van der Waals surface area contributed by atoms with E-state index in [1.54, 1.807) is 24.3 Å². The minimum Gasteiger partial charge on any atom is -0.494 e. The molecule has 138 valence electrons. The van der Waals surface area contributed by atoms with Crippen molar-refractivity contribution < 1.29 is 28.2 Å². The van der Waals surface area contributed by atoms with Crippen LogP contribution in [0.2, 0.25) is 0 Å². The van der Waals surface area contributed by atoms with Crippen LogP contribution in [0, 0.1) is 5.92 Å². The number of hydrogen-bond donors (Lipinski definition) is 1. The van der Waals surface area contributed by atoms with Crippen LogP contribution in [0.25, 0.3) is 0 Å². The maximum atomic E-state index is 12.0. The third kappa shape index (κ3) is 6.93. The molecule has 0 aromatic heterocycles. The van der Waals surface area contributed by atoms with Gasteiger partial charge >= 0.3 is 5.97 Å². The highest BCUT2D eigenvalue weighted by molar-refractivity contribution is 5.69. The summed E-state index contributed by atoms with van der Waals surface area (Å²) in [4.78, 5) is 11.2. The molecule has 0 spiro atoms. The standard InChI is InChI=1S/C20H20F2O4/c21-19(22)8-4-5-15(20(23)24)13-14-25-16-9-11-18(12-10-16)26-17-6-2-1-3-7-17/h1-3,6-12,15H,4-5,13-14H2,(H,23,24). The van der Waals surface area contributed by atoms with Crippen molar-refractivity contribution in [1.29, 1.82) is 0 Å². The summed E-state index contributed by atoms with van der Waals surface area (Å²) >= 11 is 0. The number of carboxylic acid groups (broad SMARTS) is 1. The molecule has 0 radical (unpaired) electrons. The van der Waals surface area contributed by atoms with E-state index in [1.807, 2.05) is 30.3 Å². The van der Waals surface area contributed by atoms with Crippen LogP contribution in [-0.2, 0) is 4.79 Å². The molecule has 0 bridgehead atoms. The Kier molecular flexibility index (Phi) is 7.61. The van der Waals surface area contributed by atoms with E-state index in [2.05, 4.69) is 0 Å². The van der Waals surface area contributed by atoms with Gasteiger partial charge in [0.15, 0.2) is 0 Å². The molecule has 0 amide bonds. The van der Waals surface area contributed by atoms with Crippen LogP contribution >= 0.6 is 0 Å². The fraction of sp³-hybridized carbons (Fsp3) is 0.250. The first-order valence-electron chi connectivity index (χ1n) is 8.24. The molecular formula is C20H20F2O4. The van der Waals surface area contributed by atoms with E-state index in [4.69, 9.17) is 14.6 Å². The minimum atomic E-state index is -1.79. The zero-order valence-corrected chi connectivity index (χ0v) is 14.1. The maximum Gasteiger partial charge on any atom is 0.306 e. The topological polar surface area (TPSA) is 55.8 Å². The molecule has 4 nitrogen and oxygen atoms in total. The molecule has 0 aliphatic heterocycles. The average molecular weight is 362 g/mol. The van der Waals surface area contributed by atoms with Crippen LogP contribution in [-0.4, -0.2) is 17.7 Å². The molecule has 0 saturated heterocycles. The third-order valence-electron chi connectivity index (χ3n) is 3.70. The van der Waals surface area contributed by atoms with E-state index in [9.17, 15) is 13.6 Å². The molecule has 1 N–H and O–H groups in total. The van der Waals surface area contributed by atoms with Gasteiger partial charge in [0, 0.05) is 0 Å². The van der Waals surface area contributed by atoms with Crippen LogP contribution in [0.4, 0.5) is 8.78 Å². The van der Waals surface area contributed by atoms with Crippen LogP contribution in [0.1, 0.15) is 19.3 Å². The van der Waals surface area contributed by atoms with E-state index >= 15 is 0 Å². The molecule has 2 aromatic rings. The zero-order valence-electron chi connectivity index (χ0n) is 14.1. The molecule has 2 rings (SSSR count). The molecule has 2 aromatic carbocycles. The average Bonchev–Trinajstić information content (AvgIpc) is 2.62. The molecule has 26 heavy (non-hydrogen) atoms. The number of hydrogen-bond acceptors (Lipinski definition) is 3. The Labute approximate surface area is 150 Å². The number of carboxylic acids is 1. The van der Waals surface area contributed by atoms with Gasteiger partial charge in [-0.25, -0.2) is 0 Å². The van der Waals surface area contributed by atoms with Gasteiger partial charge in [-0.1, -0.05) is 18.2 Å². The minimum absolute atomic E-state index is 0.0326. The van der Waals surface area contributed by atoms with E-state index in [0.717, 1.165) is 11.8 Å².